The largest absolute Gasteiger partial charge is 0.381 e. The molecule has 2 aromatic rings. The number of hydrogen-bond acceptors (Lipinski definition) is 4. The molecule has 21 heavy (non-hydrogen) atoms. The molecule has 0 atom stereocenters. The van der Waals surface area contributed by atoms with Crippen molar-refractivity contribution >= 4 is 28.9 Å². The van der Waals surface area contributed by atoms with Crippen LogP contribution < -0.4 is 11.1 Å². The number of nitrogens with one attached hydrogen (secondary N) is 1. The number of primary amides is 1. The van der Waals surface area contributed by atoms with E-state index in [1.807, 2.05) is 0 Å². The van der Waals surface area contributed by atoms with Crippen LogP contribution in [0.2, 0.25) is 5.02 Å². The van der Waals surface area contributed by atoms with Gasteiger partial charge in [-0.2, -0.15) is 0 Å². The van der Waals surface area contributed by atoms with Crippen LogP contribution >= 0.6 is 11.6 Å². The first-order chi connectivity index (χ1) is 9.97. The van der Waals surface area contributed by atoms with Crippen LogP contribution in [0.3, 0.4) is 0 Å². The van der Waals surface area contributed by atoms with Gasteiger partial charge in [0.2, 0.25) is 5.91 Å². The van der Waals surface area contributed by atoms with Crippen LogP contribution in [0.15, 0.2) is 42.5 Å². The van der Waals surface area contributed by atoms with Crippen molar-refractivity contribution in [2.24, 2.45) is 5.73 Å². The molecule has 3 N–H and O–H groups in total. The molecule has 0 aliphatic rings. The molecule has 0 aliphatic heterocycles. The number of carbonyl (C=O) groups excluding carboxylic acids is 1. The highest BCUT2D eigenvalue weighted by Crippen LogP contribution is 2.27. The molecule has 0 fully saturated rings. The summed E-state index contributed by atoms with van der Waals surface area (Å²) in [6, 6.07) is 11.3. The molecule has 0 aromatic heterocycles. The molecule has 0 spiro atoms. The topological polar surface area (TPSA) is 98.3 Å². The quantitative estimate of drug-likeness (QED) is 0.655. The summed E-state index contributed by atoms with van der Waals surface area (Å²) in [6.45, 7) is 0.456. The van der Waals surface area contributed by atoms with Crippen LogP contribution in [0.5, 0.6) is 0 Å². The number of nitro groups is 1. The average molecular weight is 306 g/mol. The minimum Gasteiger partial charge on any atom is -0.381 e. The summed E-state index contributed by atoms with van der Waals surface area (Å²) in [6.07, 6.45) is 0. The molecule has 2 rings (SSSR count). The van der Waals surface area contributed by atoms with Crippen molar-refractivity contribution in [3.8, 4) is 0 Å². The van der Waals surface area contributed by atoms with Gasteiger partial charge in [-0.3, -0.25) is 14.9 Å². The van der Waals surface area contributed by atoms with Gasteiger partial charge >= 0.3 is 0 Å². The van der Waals surface area contributed by atoms with Crippen LogP contribution in [-0.2, 0) is 6.54 Å². The molecule has 0 bridgehead atoms. The van der Waals surface area contributed by atoms with Gasteiger partial charge in [0.05, 0.1) is 4.92 Å². The molecule has 2 aromatic carbocycles. The van der Waals surface area contributed by atoms with E-state index < -0.39 is 10.8 Å². The number of rotatable bonds is 5. The molecule has 0 unspecified atom stereocenters. The van der Waals surface area contributed by atoms with Gasteiger partial charge in [-0.15, -0.1) is 0 Å². The second-order valence-corrected chi connectivity index (χ2v) is 4.75. The van der Waals surface area contributed by atoms with E-state index in [2.05, 4.69) is 5.32 Å². The lowest BCUT2D eigenvalue weighted by Crippen LogP contribution is -2.10. The number of nitrogens with two attached hydrogens (primary N) is 1. The molecule has 0 saturated heterocycles. The Bertz CT molecular complexity index is 686. The van der Waals surface area contributed by atoms with Crippen molar-refractivity contribution in [3.63, 3.8) is 0 Å². The van der Waals surface area contributed by atoms with Crippen LogP contribution in [0, 0.1) is 10.1 Å². The highest BCUT2D eigenvalue weighted by Gasteiger charge is 2.12. The number of hydrogen-bond donors (Lipinski definition) is 2. The van der Waals surface area contributed by atoms with Gasteiger partial charge < -0.3 is 11.1 Å². The number of carbonyl (C=O) groups is 1. The van der Waals surface area contributed by atoms with E-state index in [1.54, 1.807) is 30.3 Å². The van der Waals surface area contributed by atoms with Crippen molar-refractivity contribution < 1.29 is 9.72 Å². The Kier molecular flexibility index (Phi) is 4.39. The van der Waals surface area contributed by atoms with Crippen LogP contribution in [0.25, 0.3) is 0 Å². The standard InChI is InChI=1S/C14H12ClN3O3/c15-12-6-5-11(7-13(12)18(20)21)17-8-9-1-3-10(4-2-9)14(16)19/h1-7,17H,8H2,(H2,16,19). The predicted octanol–water partition coefficient (Wildman–Crippen LogP) is 2.96. The Morgan fingerprint density at radius 2 is 1.90 bits per heavy atom. The summed E-state index contributed by atoms with van der Waals surface area (Å²) in [5, 5.41) is 13.9. The van der Waals surface area contributed by atoms with Crippen molar-refractivity contribution in [1.29, 1.82) is 0 Å². The van der Waals surface area contributed by atoms with Gasteiger partial charge in [0, 0.05) is 23.9 Å². The molecule has 0 heterocycles. The SMILES string of the molecule is NC(=O)c1ccc(CNc2ccc(Cl)c([N+](=O)[O-])c2)cc1. The molecule has 0 radical (unpaired) electrons. The maximum Gasteiger partial charge on any atom is 0.289 e. The van der Waals surface area contributed by atoms with Crippen LogP contribution in [-0.4, -0.2) is 10.8 Å². The Morgan fingerprint density at radius 1 is 1.24 bits per heavy atom. The number of benzene rings is 2. The van der Waals surface area contributed by atoms with Crippen molar-refractivity contribution in [1.82, 2.24) is 0 Å². The fourth-order valence-electron chi connectivity index (χ4n) is 1.75. The molecule has 108 valence electrons. The minimum atomic E-state index is -0.533. The zero-order chi connectivity index (χ0) is 15.4. The van der Waals surface area contributed by atoms with Crippen LogP contribution in [0.1, 0.15) is 15.9 Å². The Morgan fingerprint density at radius 3 is 2.48 bits per heavy atom. The average Bonchev–Trinajstić information content (AvgIpc) is 2.46. The second-order valence-electron chi connectivity index (χ2n) is 4.34. The van der Waals surface area contributed by atoms with Crippen LogP contribution in [0.4, 0.5) is 11.4 Å². The van der Waals surface area contributed by atoms with E-state index in [0.717, 1.165) is 5.56 Å². The molecule has 0 aliphatic carbocycles. The summed E-state index contributed by atoms with van der Waals surface area (Å²) in [5.74, 6) is -0.483. The van der Waals surface area contributed by atoms with Gasteiger partial charge in [0.1, 0.15) is 5.02 Å². The normalized spacial score (nSPS) is 10.1. The number of halogens is 1. The van der Waals surface area contributed by atoms with E-state index >= 15 is 0 Å². The van der Waals surface area contributed by atoms with Gasteiger partial charge in [-0.1, -0.05) is 23.7 Å². The van der Waals surface area contributed by atoms with E-state index in [-0.39, 0.29) is 10.7 Å². The number of amides is 1. The summed E-state index contributed by atoms with van der Waals surface area (Å²) < 4.78 is 0. The highest BCUT2D eigenvalue weighted by molar-refractivity contribution is 6.32. The highest BCUT2D eigenvalue weighted by atomic mass is 35.5. The lowest BCUT2D eigenvalue weighted by molar-refractivity contribution is -0.384. The third-order valence-electron chi connectivity index (χ3n) is 2.88. The molecule has 0 saturated carbocycles. The maximum absolute atomic E-state index is 11.0. The lowest BCUT2D eigenvalue weighted by Gasteiger charge is -2.07. The zero-order valence-corrected chi connectivity index (χ0v) is 11.6. The van der Waals surface area contributed by atoms with Gasteiger partial charge in [-0.25, -0.2) is 0 Å². The van der Waals surface area contributed by atoms with Gasteiger partial charge in [-0.05, 0) is 29.8 Å². The Balaban J connectivity index is 2.07. The van der Waals surface area contributed by atoms with E-state index in [4.69, 9.17) is 17.3 Å². The second kappa shape index (κ2) is 6.23. The number of anilines is 1. The molecular weight excluding hydrogens is 294 g/mol. The van der Waals surface area contributed by atoms with Crippen molar-refractivity contribution in [2.45, 2.75) is 6.54 Å². The van der Waals surface area contributed by atoms with E-state index in [9.17, 15) is 14.9 Å². The molecule has 7 heteroatoms. The third kappa shape index (κ3) is 3.70. The molecule has 6 nitrogen and oxygen atoms in total. The van der Waals surface area contributed by atoms with Gasteiger partial charge in [0.15, 0.2) is 0 Å². The lowest BCUT2D eigenvalue weighted by atomic mass is 10.1. The van der Waals surface area contributed by atoms with E-state index in [1.165, 1.54) is 12.1 Å². The zero-order valence-electron chi connectivity index (χ0n) is 10.9. The first-order valence-corrected chi connectivity index (χ1v) is 6.42. The Labute approximate surface area is 125 Å². The summed E-state index contributed by atoms with van der Waals surface area (Å²) in [7, 11) is 0. The monoisotopic (exact) mass is 305 g/mol. The Hall–Kier alpha value is -2.60. The summed E-state index contributed by atoms with van der Waals surface area (Å²) in [4.78, 5) is 21.2. The first kappa shape index (κ1) is 14.8. The number of nitro benzene ring substituents is 1. The van der Waals surface area contributed by atoms with Crippen molar-refractivity contribution in [2.75, 3.05) is 5.32 Å². The smallest absolute Gasteiger partial charge is 0.289 e. The first-order valence-electron chi connectivity index (χ1n) is 6.04. The molecular formula is C14H12ClN3O3. The number of nitrogens with zero attached hydrogens (tertiary/aromatic N) is 1. The molecule has 1 amide bonds. The fraction of sp³-hybridized carbons (Fsp3) is 0.0714. The fourth-order valence-corrected chi connectivity index (χ4v) is 1.94. The minimum absolute atomic E-state index is 0.0939. The summed E-state index contributed by atoms with van der Waals surface area (Å²) in [5.41, 5.74) is 6.94. The van der Waals surface area contributed by atoms with Gasteiger partial charge in [0.25, 0.3) is 5.69 Å². The van der Waals surface area contributed by atoms with E-state index in [0.29, 0.717) is 17.8 Å². The predicted molar refractivity (Wildman–Crippen MR) is 80.4 cm³/mol. The maximum atomic E-state index is 11.0. The van der Waals surface area contributed by atoms with Crippen molar-refractivity contribution in [3.05, 3.63) is 68.7 Å². The summed E-state index contributed by atoms with van der Waals surface area (Å²) >= 11 is 5.74. The third-order valence-corrected chi connectivity index (χ3v) is 3.20.